The van der Waals surface area contributed by atoms with Gasteiger partial charge < -0.3 is 25.8 Å². The van der Waals surface area contributed by atoms with Crippen LogP contribution in [0.3, 0.4) is 0 Å². The molecular formula is C20H26N4O3. The van der Waals surface area contributed by atoms with E-state index in [0.717, 1.165) is 17.9 Å². The third-order valence-electron chi connectivity index (χ3n) is 3.80. The maximum absolute atomic E-state index is 12.1. The maximum Gasteiger partial charge on any atom is 0.255 e. The maximum atomic E-state index is 12.1. The van der Waals surface area contributed by atoms with Gasteiger partial charge in [0.2, 0.25) is 0 Å². The lowest BCUT2D eigenvalue weighted by molar-refractivity contribution is 0.0951. The third-order valence-corrected chi connectivity index (χ3v) is 3.80. The van der Waals surface area contributed by atoms with Gasteiger partial charge >= 0.3 is 0 Å². The average Bonchev–Trinajstić information content (AvgIpc) is 2.69. The number of nitrogens with zero attached hydrogens (tertiary/aromatic N) is 1. The SMILES string of the molecule is CCNC(=NCc1ccccc1OC)NCCNC(=O)c1ccccc1O. The van der Waals surface area contributed by atoms with Gasteiger partial charge in [0.05, 0.1) is 19.2 Å². The van der Waals surface area contributed by atoms with Gasteiger partial charge in [0.15, 0.2) is 5.96 Å². The quantitative estimate of drug-likeness (QED) is 0.323. The Morgan fingerprint density at radius 1 is 1.04 bits per heavy atom. The van der Waals surface area contributed by atoms with Crippen molar-refractivity contribution in [1.29, 1.82) is 0 Å². The van der Waals surface area contributed by atoms with Crippen molar-refractivity contribution in [3.05, 3.63) is 59.7 Å². The molecule has 2 aromatic rings. The van der Waals surface area contributed by atoms with Gasteiger partial charge in [-0.05, 0) is 25.1 Å². The second kappa shape index (κ2) is 10.7. The van der Waals surface area contributed by atoms with E-state index in [9.17, 15) is 9.90 Å². The first kappa shape index (κ1) is 20.1. The molecule has 2 aromatic carbocycles. The van der Waals surface area contributed by atoms with Gasteiger partial charge in [-0.15, -0.1) is 0 Å². The number of amides is 1. The van der Waals surface area contributed by atoms with Gasteiger partial charge in [-0.25, -0.2) is 4.99 Å². The van der Waals surface area contributed by atoms with E-state index in [1.165, 1.54) is 6.07 Å². The van der Waals surface area contributed by atoms with Crippen LogP contribution in [-0.2, 0) is 6.54 Å². The van der Waals surface area contributed by atoms with Crippen LogP contribution < -0.4 is 20.7 Å². The number of hydrogen-bond donors (Lipinski definition) is 4. The number of hydrogen-bond acceptors (Lipinski definition) is 4. The summed E-state index contributed by atoms with van der Waals surface area (Å²) in [6, 6.07) is 14.2. The molecule has 0 saturated heterocycles. The lowest BCUT2D eigenvalue weighted by Gasteiger charge is -2.13. The molecule has 144 valence electrons. The fraction of sp³-hybridized carbons (Fsp3) is 0.300. The van der Waals surface area contributed by atoms with E-state index in [-0.39, 0.29) is 17.2 Å². The Bertz CT molecular complexity index is 777. The van der Waals surface area contributed by atoms with Crippen molar-refractivity contribution in [3.8, 4) is 11.5 Å². The first-order valence-corrected chi connectivity index (χ1v) is 8.86. The van der Waals surface area contributed by atoms with Crippen LogP contribution in [0.4, 0.5) is 0 Å². The molecule has 0 atom stereocenters. The second-order valence-corrected chi connectivity index (χ2v) is 5.71. The van der Waals surface area contributed by atoms with Gasteiger partial charge in [-0.1, -0.05) is 30.3 Å². The fourth-order valence-corrected chi connectivity index (χ4v) is 2.46. The minimum atomic E-state index is -0.314. The smallest absolute Gasteiger partial charge is 0.255 e. The number of benzene rings is 2. The molecular weight excluding hydrogens is 344 g/mol. The zero-order valence-electron chi connectivity index (χ0n) is 15.7. The van der Waals surface area contributed by atoms with Crippen LogP contribution in [0.25, 0.3) is 0 Å². The van der Waals surface area contributed by atoms with Crippen molar-refractivity contribution in [3.63, 3.8) is 0 Å². The molecule has 4 N–H and O–H groups in total. The Morgan fingerprint density at radius 3 is 2.48 bits per heavy atom. The van der Waals surface area contributed by atoms with E-state index in [1.807, 2.05) is 31.2 Å². The predicted molar refractivity (Wildman–Crippen MR) is 106 cm³/mol. The molecule has 0 saturated carbocycles. The monoisotopic (exact) mass is 370 g/mol. The molecule has 0 aliphatic carbocycles. The highest BCUT2D eigenvalue weighted by Gasteiger charge is 2.09. The molecule has 0 bridgehead atoms. The Hall–Kier alpha value is -3.22. The molecule has 2 rings (SSSR count). The Kier molecular flexibility index (Phi) is 7.96. The zero-order chi connectivity index (χ0) is 19.5. The van der Waals surface area contributed by atoms with Crippen LogP contribution in [0.5, 0.6) is 11.5 Å². The summed E-state index contributed by atoms with van der Waals surface area (Å²) in [5.41, 5.74) is 1.25. The lowest BCUT2D eigenvalue weighted by atomic mass is 10.2. The fourth-order valence-electron chi connectivity index (χ4n) is 2.46. The van der Waals surface area contributed by atoms with Gasteiger partial charge in [-0.2, -0.15) is 0 Å². The highest BCUT2D eigenvalue weighted by Crippen LogP contribution is 2.18. The summed E-state index contributed by atoms with van der Waals surface area (Å²) in [5.74, 6) is 1.10. The summed E-state index contributed by atoms with van der Waals surface area (Å²) in [5, 5.41) is 18.8. The van der Waals surface area contributed by atoms with E-state index in [1.54, 1.807) is 25.3 Å². The molecule has 1 amide bonds. The molecule has 7 nitrogen and oxygen atoms in total. The molecule has 0 aliphatic heterocycles. The number of ether oxygens (including phenoxy) is 1. The first-order valence-electron chi connectivity index (χ1n) is 8.86. The molecule has 0 fully saturated rings. The second-order valence-electron chi connectivity index (χ2n) is 5.71. The van der Waals surface area contributed by atoms with Crippen LogP contribution in [0.1, 0.15) is 22.8 Å². The standard InChI is InChI=1S/C20H26N4O3/c1-3-21-20(24-14-15-8-4-7-11-18(15)27-2)23-13-12-22-19(26)16-9-5-6-10-17(16)25/h4-11,25H,3,12-14H2,1-2H3,(H,22,26)(H2,21,23,24). The molecule has 0 aliphatic rings. The van der Waals surface area contributed by atoms with Gasteiger partial charge in [0.25, 0.3) is 5.91 Å². The van der Waals surface area contributed by atoms with Crippen molar-refractivity contribution >= 4 is 11.9 Å². The summed E-state index contributed by atoms with van der Waals surface area (Å²) in [7, 11) is 1.64. The summed E-state index contributed by atoms with van der Waals surface area (Å²) in [4.78, 5) is 16.6. The van der Waals surface area contributed by atoms with Gasteiger partial charge in [0, 0.05) is 25.2 Å². The van der Waals surface area contributed by atoms with Crippen LogP contribution in [-0.4, -0.2) is 43.7 Å². The number of aliphatic imine (C=N–C) groups is 1. The van der Waals surface area contributed by atoms with E-state index < -0.39 is 0 Å². The molecule has 0 heterocycles. The number of methoxy groups -OCH3 is 1. The Balaban J connectivity index is 1.85. The summed E-state index contributed by atoms with van der Waals surface area (Å²) in [6.45, 7) is 4.08. The van der Waals surface area contributed by atoms with Crippen molar-refractivity contribution in [1.82, 2.24) is 16.0 Å². The van der Waals surface area contributed by atoms with Crippen molar-refractivity contribution in [2.45, 2.75) is 13.5 Å². The van der Waals surface area contributed by atoms with Crippen molar-refractivity contribution in [2.24, 2.45) is 4.99 Å². The predicted octanol–water partition coefficient (Wildman–Crippen LogP) is 1.89. The average molecular weight is 370 g/mol. The normalized spacial score (nSPS) is 11.0. The van der Waals surface area contributed by atoms with E-state index in [0.29, 0.717) is 25.6 Å². The highest BCUT2D eigenvalue weighted by atomic mass is 16.5. The topological polar surface area (TPSA) is 95.0 Å². The zero-order valence-corrected chi connectivity index (χ0v) is 15.7. The van der Waals surface area contributed by atoms with Gasteiger partial charge in [0.1, 0.15) is 11.5 Å². The van der Waals surface area contributed by atoms with E-state index in [2.05, 4.69) is 20.9 Å². The molecule has 0 spiro atoms. The van der Waals surface area contributed by atoms with Crippen molar-refractivity contribution in [2.75, 3.05) is 26.7 Å². The number of rotatable bonds is 8. The number of aromatic hydroxyl groups is 1. The van der Waals surface area contributed by atoms with Crippen LogP contribution >= 0.6 is 0 Å². The van der Waals surface area contributed by atoms with Crippen LogP contribution in [0, 0.1) is 0 Å². The van der Waals surface area contributed by atoms with Gasteiger partial charge in [-0.3, -0.25) is 4.79 Å². The molecule has 7 heteroatoms. The van der Waals surface area contributed by atoms with E-state index >= 15 is 0 Å². The molecule has 27 heavy (non-hydrogen) atoms. The first-order chi connectivity index (χ1) is 13.2. The largest absolute Gasteiger partial charge is 0.507 e. The van der Waals surface area contributed by atoms with Crippen LogP contribution in [0.15, 0.2) is 53.5 Å². The molecule has 0 aromatic heterocycles. The molecule has 0 unspecified atom stereocenters. The summed E-state index contributed by atoms with van der Waals surface area (Å²) < 4.78 is 5.34. The number of guanidine groups is 1. The Morgan fingerprint density at radius 2 is 1.74 bits per heavy atom. The highest BCUT2D eigenvalue weighted by molar-refractivity contribution is 5.96. The lowest BCUT2D eigenvalue weighted by Crippen LogP contribution is -2.41. The van der Waals surface area contributed by atoms with Crippen molar-refractivity contribution < 1.29 is 14.6 Å². The number of nitrogens with one attached hydrogen (secondary N) is 3. The molecule has 0 radical (unpaired) electrons. The minimum Gasteiger partial charge on any atom is -0.507 e. The number of phenols is 1. The number of carbonyl (C=O) groups excluding carboxylic acids is 1. The number of carbonyl (C=O) groups is 1. The van der Waals surface area contributed by atoms with Crippen LogP contribution in [0.2, 0.25) is 0 Å². The number of para-hydroxylation sites is 2. The Labute approximate surface area is 159 Å². The summed E-state index contributed by atoms with van der Waals surface area (Å²) >= 11 is 0. The number of phenolic OH excluding ortho intramolecular Hbond substituents is 1. The minimum absolute atomic E-state index is 0.0327. The third kappa shape index (κ3) is 6.22. The summed E-state index contributed by atoms with van der Waals surface area (Å²) in [6.07, 6.45) is 0. The van der Waals surface area contributed by atoms with E-state index in [4.69, 9.17) is 4.74 Å².